The Balaban J connectivity index is 2.14. The van der Waals surface area contributed by atoms with E-state index in [-0.39, 0.29) is 17.0 Å². The van der Waals surface area contributed by atoms with Gasteiger partial charge in [-0.15, -0.1) is 0 Å². The molecule has 112 valence electrons. The molecule has 5 nitrogen and oxygen atoms in total. The molecule has 0 heterocycles. The van der Waals surface area contributed by atoms with E-state index in [2.05, 4.69) is 4.72 Å². The Kier molecular flexibility index (Phi) is 4.36. The normalized spacial score (nSPS) is 22.6. The summed E-state index contributed by atoms with van der Waals surface area (Å²) in [6.45, 7) is 6.17. The number of benzene rings is 1. The van der Waals surface area contributed by atoms with Crippen LogP contribution in [0.1, 0.15) is 30.9 Å². The van der Waals surface area contributed by atoms with Crippen molar-refractivity contribution >= 4 is 15.7 Å². The van der Waals surface area contributed by atoms with E-state index in [1.165, 1.54) is 0 Å². The predicted molar refractivity (Wildman–Crippen MR) is 79.1 cm³/mol. The van der Waals surface area contributed by atoms with E-state index < -0.39 is 10.0 Å². The second-order valence-corrected chi connectivity index (χ2v) is 6.96. The van der Waals surface area contributed by atoms with Crippen LogP contribution in [0.3, 0.4) is 0 Å². The Labute approximate surface area is 120 Å². The number of rotatable bonds is 5. The van der Waals surface area contributed by atoms with Crippen LogP contribution < -0.4 is 10.5 Å². The van der Waals surface area contributed by atoms with Gasteiger partial charge in [-0.1, -0.05) is 12.1 Å². The molecule has 0 atom stereocenters. The SMILES string of the molecule is CCOC1CC(NS(=O)(=O)c2c(C)ccc(C)c2N)C1. The first-order valence-electron chi connectivity index (χ1n) is 6.84. The molecule has 1 aromatic rings. The molecule has 1 aliphatic carbocycles. The zero-order chi connectivity index (χ0) is 14.9. The summed E-state index contributed by atoms with van der Waals surface area (Å²) >= 11 is 0. The Morgan fingerprint density at radius 3 is 2.50 bits per heavy atom. The molecular formula is C14H22N2O3S. The third kappa shape index (κ3) is 2.97. The fraction of sp³-hybridized carbons (Fsp3) is 0.571. The van der Waals surface area contributed by atoms with Crippen LogP contribution in [-0.4, -0.2) is 27.2 Å². The molecule has 6 heteroatoms. The summed E-state index contributed by atoms with van der Waals surface area (Å²) < 4.78 is 33.1. The fourth-order valence-electron chi connectivity index (χ4n) is 2.48. The number of aryl methyl sites for hydroxylation is 2. The number of ether oxygens (including phenoxy) is 1. The molecule has 3 N–H and O–H groups in total. The van der Waals surface area contributed by atoms with Gasteiger partial charge in [0.15, 0.2) is 0 Å². The van der Waals surface area contributed by atoms with Crippen LogP contribution in [0, 0.1) is 13.8 Å². The number of nitrogens with two attached hydrogens (primary N) is 1. The molecule has 0 aromatic heterocycles. The van der Waals surface area contributed by atoms with Crippen LogP contribution in [0.5, 0.6) is 0 Å². The summed E-state index contributed by atoms with van der Waals surface area (Å²) in [6.07, 6.45) is 1.61. The highest BCUT2D eigenvalue weighted by Crippen LogP contribution is 2.29. The standard InChI is InChI=1S/C14H22N2O3S/c1-4-19-12-7-11(8-12)16-20(17,18)14-10(3)6-5-9(2)13(14)15/h5-6,11-12,16H,4,7-8,15H2,1-3H3. The minimum Gasteiger partial charge on any atom is -0.397 e. The lowest BCUT2D eigenvalue weighted by Gasteiger charge is -2.35. The molecule has 0 unspecified atom stereocenters. The van der Waals surface area contributed by atoms with E-state index in [9.17, 15) is 8.42 Å². The van der Waals surface area contributed by atoms with Crippen LogP contribution in [-0.2, 0) is 14.8 Å². The molecule has 1 fully saturated rings. The van der Waals surface area contributed by atoms with E-state index >= 15 is 0 Å². The van der Waals surface area contributed by atoms with Gasteiger partial charge in [0.05, 0.1) is 11.8 Å². The lowest BCUT2D eigenvalue weighted by molar-refractivity contribution is -0.00475. The summed E-state index contributed by atoms with van der Waals surface area (Å²) in [4.78, 5) is 0.206. The maximum atomic E-state index is 12.5. The molecule has 0 saturated heterocycles. The van der Waals surface area contributed by atoms with Crippen molar-refractivity contribution in [3.05, 3.63) is 23.3 Å². The largest absolute Gasteiger partial charge is 0.397 e. The molecule has 1 saturated carbocycles. The van der Waals surface area contributed by atoms with Gasteiger partial charge < -0.3 is 10.5 Å². The second kappa shape index (κ2) is 5.71. The van der Waals surface area contributed by atoms with E-state index in [1.807, 2.05) is 19.9 Å². The van der Waals surface area contributed by atoms with Crippen molar-refractivity contribution in [1.29, 1.82) is 0 Å². The molecule has 0 bridgehead atoms. The first kappa shape index (κ1) is 15.3. The van der Waals surface area contributed by atoms with Crippen molar-refractivity contribution in [2.24, 2.45) is 0 Å². The van der Waals surface area contributed by atoms with Gasteiger partial charge in [-0.25, -0.2) is 13.1 Å². The molecular weight excluding hydrogens is 276 g/mol. The van der Waals surface area contributed by atoms with Crippen LogP contribution in [0.15, 0.2) is 17.0 Å². The van der Waals surface area contributed by atoms with Crippen molar-refractivity contribution in [2.45, 2.75) is 50.7 Å². The average molecular weight is 298 g/mol. The molecule has 0 spiro atoms. The Bertz CT molecular complexity index is 593. The van der Waals surface area contributed by atoms with Crippen molar-refractivity contribution in [3.8, 4) is 0 Å². The quantitative estimate of drug-likeness (QED) is 0.811. The maximum Gasteiger partial charge on any atom is 0.243 e. The van der Waals surface area contributed by atoms with Gasteiger partial charge in [0.2, 0.25) is 10.0 Å². The number of nitrogen functional groups attached to an aromatic ring is 1. The molecule has 2 rings (SSSR count). The highest BCUT2D eigenvalue weighted by molar-refractivity contribution is 7.89. The minimum absolute atomic E-state index is 0.0594. The number of anilines is 1. The zero-order valence-electron chi connectivity index (χ0n) is 12.1. The van der Waals surface area contributed by atoms with Crippen LogP contribution >= 0.6 is 0 Å². The highest BCUT2D eigenvalue weighted by Gasteiger charge is 2.34. The molecule has 1 aromatic carbocycles. The van der Waals surface area contributed by atoms with Gasteiger partial charge in [0.25, 0.3) is 0 Å². The molecule has 0 aliphatic heterocycles. The first-order chi connectivity index (χ1) is 9.35. The Hall–Kier alpha value is -1.11. The number of sulfonamides is 1. The molecule has 1 aliphatic rings. The molecule has 0 amide bonds. The van der Waals surface area contributed by atoms with Crippen molar-refractivity contribution in [2.75, 3.05) is 12.3 Å². The monoisotopic (exact) mass is 298 g/mol. The van der Waals surface area contributed by atoms with Gasteiger partial charge in [0, 0.05) is 12.6 Å². The minimum atomic E-state index is -3.57. The van der Waals surface area contributed by atoms with E-state index in [0.29, 0.717) is 17.9 Å². The fourth-order valence-corrected chi connectivity index (χ4v) is 4.17. The van der Waals surface area contributed by atoms with E-state index in [1.54, 1.807) is 13.0 Å². The summed E-state index contributed by atoms with van der Waals surface area (Å²) in [5, 5.41) is 0. The summed E-state index contributed by atoms with van der Waals surface area (Å²) in [5.41, 5.74) is 7.71. The van der Waals surface area contributed by atoms with Crippen LogP contribution in [0.4, 0.5) is 5.69 Å². The maximum absolute atomic E-state index is 12.5. The average Bonchev–Trinajstić information content (AvgIpc) is 2.31. The van der Waals surface area contributed by atoms with Crippen LogP contribution in [0.2, 0.25) is 0 Å². The lowest BCUT2D eigenvalue weighted by atomic mass is 9.90. The number of nitrogens with one attached hydrogen (secondary N) is 1. The van der Waals surface area contributed by atoms with E-state index in [0.717, 1.165) is 18.4 Å². The van der Waals surface area contributed by atoms with Crippen molar-refractivity contribution in [1.82, 2.24) is 4.72 Å². The third-order valence-electron chi connectivity index (χ3n) is 3.70. The smallest absolute Gasteiger partial charge is 0.243 e. The lowest BCUT2D eigenvalue weighted by Crippen LogP contribution is -2.47. The second-order valence-electron chi connectivity index (χ2n) is 5.31. The summed E-state index contributed by atoms with van der Waals surface area (Å²) in [7, 11) is -3.57. The topological polar surface area (TPSA) is 81.4 Å². The molecule has 0 radical (unpaired) electrons. The van der Waals surface area contributed by atoms with Crippen molar-refractivity contribution < 1.29 is 13.2 Å². The van der Waals surface area contributed by atoms with Crippen LogP contribution in [0.25, 0.3) is 0 Å². The van der Waals surface area contributed by atoms with Gasteiger partial charge in [0.1, 0.15) is 4.90 Å². The van der Waals surface area contributed by atoms with Gasteiger partial charge in [-0.05, 0) is 44.7 Å². The zero-order valence-corrected chi connectivity index (χ0v) is 13.0. The third-order valence-corrected chi connectivity index (χ3v) is 5.42. The number of hydrogen-bond donors (Lipinski definition) is 2. The Morgan fingerprint density at radius 2 is 1.90 bits per heavy atom. The van der Waals surface area contributed by atoms with Gasteiger partial charge >= 0.3 is 0 Å². The van der Waals surface area contributed by atoms with E-state index in [4.69, 9.17) is 10.5 Å². The first-order valence-corrected chi connectivity index (χ1v) is 8.33. The summed E-state index contributed by atoms with van der Waals surface area (Å²) in [5.74, 6) is 0. The van der Waals surface area contributed by atoms with Gasteiger partial charge in [-0.3, -0.25) is 0 Å². The summed E-state index contributed by atoms with van der Waals surface area (Å²) in [6, 6.07) is 3.55. The molecule has 20 heavy (non-hydrogen) atoms. The van der Waals surface area contributed by atoms with Crippen molar-refractivity contribution in [3.63, 3.8) is 0 Å². The highest BCUT2D eigenvalue weighted by atomic mass is 32.2. The number of hydrogen-bond acceptors (Lipinski definition) is 4. The Morgan fingerprint density at radius 1 is 1.30 bits per heavy atom. The predicted octanol–water partition coefficient (Wildman–Crippen LogP) is 1.73. The van der Waals surface area contributed by atoms with Gasteiger partial charge in [-0.2, -0.15) is 0 Å².